The van der Waals surface area contributed by atoms with E-state index in [0.29, 0.717) is 16.4 Å². The molecule has 3 aromatic carbocycles. The molecule has 0 radical (unpaired) electrons. The minimum absolute atomic E-state index is 0.239. The first-order chi connectivity index (χ1) is 19.8. The quantitative estimate of drug-likeness (QED) is 0.181. The number of oxazole rings is 1. The molecule has 1 unspecified atom stereocenters. The van der Waals surface area contributed by atoms with Gasteiger partial charge in [0.25, 0.3) is 0 Å². The Bertz CT molecular complexity index is 1530. The molecular formula is C30H28N3O6PS. The first-order valence-corrected chi connectivity index (χ1v) is 16.0. The third kappa shape index (κ3) is 6.16. The smallest absolute Gasteiger partial charge is 0.346 e. The van der Waals surface area contributed by atoms with Crippen molar-refractivity contribution in [2.45, 2.75) is 13.0 Å². The zero-order valence-electron chi connectivity index (χ0n) is 22.2. The van der Waals surface area contributed by atoms with Gasteiger partial charge in [-0.25, -0.2) is 18.2 Å². The monoisotopic (exact) mass is 589 g/mol. The molecule has 41 heavy (non-hydrogen) atoms. The number of nitrogens with zero attached hydrogens (tertiary/aromatic N) is 3. The van der Waals surface area contributed by atoms with E-state index in [0.717, 1.165) is 0 Å². The molecule has 11 heteroatoms. The normalized spacial score (nSPS) is 16.9. The topological polar surface area (TPSA) is 116 Å². The van der Waals surface area contributed by atoms with Crippen LogP contribution >= 0.6 is 7.26 Å². The van der Waals surface area contributed by atoms with Crippen molar-refractivity contribution < 1.29 is 26.5 Å². The number of benzene rings is 3. The third-order valence-corrected chi connectivity index (χ3v) is 11.1. The summed E-state index contributed by atoms with van der Waals surface area (Å²) in [5, 5.41) is 4.74. The lowest BCUT2D eigenvalue weighted by Gasteiger charge is -2.23. The van der Waals surface area contributed by atoms with Crippen molar-refractivity contribution in [2.75, 3.05) is 13.1 Å². The van der Waals surface area contributed by atoms with Crippen LogP contribution in [0.25, 0.3) is 5.57 Å². The molecule has 2 aliphatic heterocycles. The van der Waals surface area contributed by atoms with Crippen LogP contribution in [-0.2, 0) is 14.7 Å². The number of amides is 2. The molecule has 2 amide bonds. The van der Waals surface area contributed by atoms with Gasteiger partial charge in [0, 0.05) is 12.1 Å². The van der Waals surface area contributed by atoms with E-state index in [4.69, 9.17) is 4.42 Å². The Labute approximate surface area is 239 Å². The van der Waals surface area contributed by atoms with Crippen LogP contribution in [0.3, 0.4) is 0 Å². The lowest BCUT2D eigenvalue weighted by molar-refractivity contribution is -0.0195. The van der Waals surface area contributed by atoms with Crippen LogP contribution in [0, 0.1) is 0 Å². The highest BCUT2D eigenvalue weighted by Crippen LogP contribution is 2.56. The fourth-order valence-electron chi connectivity index (χ4n) is 5.04. The van der Waals surface area contributed by atoms with Gasteiger partial charge in [0.15, 0.2) is 12.2 Å². The maximum absolute atomic E-state index is 11.8. The number of hydroxylamine groups is 2. The van der Waals surface area contributed by atoms with Crippen LogP contribution < -0.4 is 15.9 Å². The summed E-state index contributed by atoms with van der Waals surface area (Å²) >= 11 is 0. The molecule has 0 aliphatic carbocycles. The highest BCUT2D eigenvalue weighted by molar-refractivity contribution is 7.98. The van der Waals surface area contributed by atoms with Gasteiger partial charge < -0.3 is 13.9 Å². The fraction of sp³-hybridized carbons (Fsp3) is 0.133. The number of hydrogen-bond donors (Lipinski definition) is 0. The first kappa shape index (κ1) is 28.4. The van der Waals surface area contributed by atoms with Crippen LogP contribution in [0.2, 0.25) is 0 Å². The van der Waals surface area contributed by atoms with Crippen molar-refractivity contribution in [1.29, 1.82) is 0 Å². The molecule has 0 N–H and O–H groups in total. The van der Waals surface area contributed by atoms with E-state index in [2.05, 4.69) is 119 Å². The number of carbonyl (C=O) groups is 1. The maximum Gasteiger partial charge on any atom is 0.346 e. The summed E-state index contributed by atoms with van der Waals surface area (Å²) in [4.78, 5) is 16.9. The second kappa shape index (κ2) is 12.2. The van der Waals surface area contributed by atoms with E-state index in [9.17, 15) is 17.8 Å². The van der Waals surface area contributed by atoms with Crippen molar-refractivity contribution in [3.05, 3.63) is 127 Å². The van der Waals surface area contributed by atoms with Gasteiger partial charge in [-0.2, -0.15) is 9.35 Å². The van der Waals surface area contributed by atoms with Crippen molar-refractivity contribution in [1.82, 2.24) is 14.9 Å². The molecule has 1 saturated heterocycles. The summed E-state index contributed by atoms with van der Waals surface area (Å²) in [5.74, 6) is 2.89. The van der Waals surface area contributed by atoms with Crippen molar-refractivity contribution in [3.8, 4) is 0 Å². The molecule has 0 spiro atoms. The van der Waals surface area contributed by atoms with Crippen LogP contribution in [0.1, 0.15) is 12.7 Å². The molecule has 210 valence electrons. The summed E-state index contributed by atoms with van der Waals surface area (Å²) in [7, 11) is -6.72. The molecule has 9 nitrogen and oxygen atoms in total. The van der Waals surface area contributed by atoms with E-state index in [-0.39, 0.29) is 13.1 Å². The summed E-state index contributed by atoms with van der Waals surface area (Å²) in [6, 6.07) is 31.3. The van der Waals surface area contributed by atoms with Crippen LogP contribution in [-0.4, -0.2) is 53.1 Å². The highest BCUT2D eigenvalue weighted by Gasteiger charge is 2.43. The number of allylic oxidation sites excluding steroid dienone is 1. The number of carbonyl (C=O) groups excluding carboxylic acids is 1. The molecular weight excluding hydrogens is 561 g/mol. The van der Waals surface area contributed by atoms with Crippen molar-refractivity contribution >= 4 is 45.2 Å². The molecule has 1 fully saturated rings. The number of rotatable bonds is 7. The van der Waals surface area contributed by atoms with Crippen LogP contribution in [0.5, 0.6) is 0 Å². The summed E-state index contributed by atoms with van der Waals surface area (Å²) in [6.45, 7) is 2.61. The molecule has 3 heterocycles. The lowest BCUT2D eigenvalue weighted by atomic mass is 10.1. The van der Waals surface area contributed by atoms with Gasteiger partial charge in [0.2, 0.25) is 10.4 Å². The molecule has 2 bridgehead atoms. The average molecular weight is 590 g/mol. The van der Waals surface area contributed by atoms with E-state index in [1.807, 2.05) is 0 Å². The number of urea groups is 1. The van der Waals surface area contributed by atoms with E-state index < -0.39 is 29.7 Å². The van der Waals surface area contributed by atoms with Gasteiger partial charge in [-0.05, 0) is 49.4 Å². The van der Waals surface area contributed by atoms with Gasteiger partial charge >= 0.3 is 6.03 Å². The Hall–Kier alpha value is -4.08. The molecule has 1 atom stereocenters. The molecule has 1 aromatic heterocycles. The minimum atomic E-state index is -4.99. The van der Waals surface area contributed by atoms with Gasteiger partial charge in [0.1, 0.15) is 23.2 Å². The van der Waals surface area contributed by atoms with E-state index in [1.165, 1.54) is 33.4 Å². The van der Waals surface area contributed by atoms with E-state index >= 15 is 0 Å². The molecule has 6 rings (SSSR count). The van der Waals surface area contributed by atoms with Crippen LogP contribution in [0.4, 0.5) is 4.79 Å². The lowest BCUT2D eigenvalue weighted by Crippen LogP contribution is -2.35. The largest absolute Gasteiger partial charge is 0.724 e. The Balaban J connectivity index is 0.000000166. The second-order valence-electron chi connectivity index (χ2n) is 9.31. The highest BCUT2D eigenvalue weighted by atomic mass is 32.3. The second-order valence-corrected chi connectivity index (χ2v) is 13.6. The SMILES string of the molecule is CC=C[P+](c1ccccc1)(c1ccccc1)c1ccccc1.O=C1N2CC(c3cnco3)=CC(C2)N1OS(=O)(=O)[O-]. The van der Waals surface area contributed by atoms with Crippen molar-refractivity contribution in [2.24, 2.45) is 0 Å². The fourth-order valence-corrected chi connectivity index (χ4v) is 9.20. The predicted octanol–water partition coefficient (Wildman–Crippen LogP) is 4.08. The third-order valence-electron chi connectivity index (χ3n) is 6.71. The summed E-state index contributed by atoms with van der Waals surface area (Å²) < 4.78 is 41.0. The van der Waals surface area contributed by atoms with Crippen molar-refractivity contribution in [3.63, 3.8) is 0 Å². The Morgan fingerprint density at radius 3 is 1.93 bits per heavy atom. The number of aromatic nitrogens is 1. The van der Waals surface area contributed by atoms with E-state index in [1.54, 1.807) is 6.08 Å². The Morgan fingerprint density at radius 2 is 1.49 bits per heavy atom. The van der Waals surface area contributed by atoms with Gasteiger partial charge in [-0.3, -0.25) is 0 Å². The summed E-state index contributed by atoms with van der Waals surface area (Å²) in [6.07, 6.45) is 6.55. The number of fused-ring (bicyclic) bond motifs is 2. The van der Waals surface area contributed by atoms with Gasteiger partial charge in [-0.15, -0.1) is 0 Å². The molecule has 4 aromatic rings. The summed E-state index contributed by atoms with van der Waals surface area (Å²) in [5.41, 5.74) is 0.677. The molecule has 0 saturated carbocycles. The minimum Gasteiger partial charge on any atom is -0.724 e. The Morgan fingerprint density at radius 1 is 0.951 bits per heavy atom. The van der Waals surface area contributed by atoms with Gasteiger partial charge in [0.05, 0.1) is 24.6 Å². The standard InChI is InChI=1S/C21H20P.C9H9N3O6S/c1-2-18-22(19-12-6-3-7-13-19,20-14-8-4-9-15-20)21-16-10-5-11-17-21;13-9-11-3-6(8-2-10-5-17-8)1-7(4-11)12(9)18-19(14,15)16/h2-18H,1H3;1-2,5,7H,3-4H2,(H,14,15,16)/q+1;/p-1. The molecule has 2 aliphatic rings. The van der Waals surface area contributed by atoms with Gasteiger partial charge in [-0.1, -0.05) is 60.7 Å². The predicted molar refractivity (Wildman–Crippen MR) is 158 cm³/mol. The average Bonchev–Trinajstić information content (AvgIpc) is 3.61. The maximum atomic E-state index is 11.8. The Kier molecular flexibility index (Phi) is 8.46. The number of hydrogen-bond acceptors (Lipinski definition) is 7. The van der Waals surface area contributed by atoms with Crippen LogP contribution in [0.15, 0.2) is 126 Å². The zero-order chi connectivity index (χ0) is 28.9. The first-order valence-electron chi connectivity index (χ1n) is 12.8. The zero-order valence-corrected chi connectivity index (χ0v) is 23.9.